The van der Waals surface area contributed by atoms with Crippen molar-refractivity contribution in [3.8, 4) is 11.5 Å². The Bertz CT molecular complexity index is 1420. The van der Waals surface area contributed by atoms with Gasteiger partial charge in [0.2, 0.25) is 0 Å². The first-order chi connectivity index (χ1) is 17.6. The Balaban J connectivity index is 1.26. The van der Waals surface area contributed by atoms with Gasteiger partial charge < -0.3 is 18.9 Å². The number of pyridine rings is 1. The fourth-order valence-corrected chi connectivity index (χ4v) is 5.89. The van der Waals surface area contributed by atoms with E-state index in [9.17, 15) is 4.79 Å². The zero-order valence-corrected chi connectivity index (χ0v) is 20.7. The van der Waals surface area contributed by atoms with Gasteiger partial charge in [-0.2, -0.15) is 0 Å². The molecule has 2 aromatic carbocycles. The van der Waals surface area contributed by atoms with Crippen LogP contribution in [0.25, 0.3) is 11.0 Å². The maximum Gasteiger partial charge on any atom is 0.190 e. The van der Waals surface area contributed by atoms with Crippen molar-refractivity contribution in [2.24, 2.45) is 7.05 Å². The average Bonchev–Trinajstić information content (AvgIpc) is 3.58. The number of methoxy groups -OCH3 is 1. The van der Waals surface area contributed by atoms with Gasteiger partial charge in [0.15, 0.2) is 17.3 Å². The number of aromatic nitrogens is 3. The summed E-state index contributed by atoms with van der Waals surface area (Å²) in [5.74, 6) is 2.45. The summed E-state index contributed by atoms with van der Waals surface area (Å²) in [6.45, 7) is 0.518. The molecule has 6 rings (SSSR count). The van der Waals surface area contributed by atoms with Crippen LogP contribution < -0.4 is 14.4 Å². The van der Waals surface area contributed by atoms with Crippen LogP contribution in [0.2, 0.25) is 0 Å². The Kier molecular flexibility index (Phi) is 5.63. The summed E-state index contributed by atoms with van der Waals surface area (Å²) in [5, 5.41) is 0. The number of anilines is 2. The molecule has 184 valence electrons. The second-order valence-corrected chi connectivity index (χ2v) is 9.66. The van der Waals surface area contributed by atoms with Crippen molar-refractivity contribution in [3.05, 3.63) is 72.3 Å². The van der Waals surface area contributed by atoms with E-state index in [4.69, 9.17) is 14.5 Å². The van der Waals surface area contributed by atoms with E-state index in [1.165, 1.54) is 0 Å². The number of fused-ring (bicyclic) bond motifs is 2. The minimum Gasteiger partial charge on any atom is -0.493 e. The van der Waals surface area contributed by atoms with Crippen molar-refractivity contribution in [2.45, 2.75) is 44.1 Å². The summed E-state index contributed by atoms with van der Waals surface area (Å²) >= 11 is 0. The predicted molar refractivity (Wildman–Crippen MR) is 139 cm³/mol. The lowest BCUT2D eigenvalue weighted by Gasteiger charge is -2.35. The lowest BCUT2D eigenvalue weighted by atomic mass is 9.90. The number of para-hydroxylation sites is 2. The molecule has 1 saturated carbocycles. The normalized spacial score (nSPS) is 16.2. The van der Waals surface area contributed by atoms with Crippen molar-refractivity contribution in [1.29, 1.82) is 0 Å². The van der Waals surface area contributed by atoms with Gasteiger partial charge in [-0.1, -0.05) is 25.0 Å². The molecule has 2 aliphatic rings. The van der Waals surface area contributed by atoms with Crippen LogP contribution in [0, 0.1) is 0 Å². The number of rotatable bonds is 7. The molecule has 4 aromatic rings. The van der Waals surface area contributed by atoms with Gasteiger partial charge in [-0.3, -0.25) is 9.78 Å². The van der Waals surface area contributed by atoms with E-state index >= 15 is 0 Å². The van der Waals surface area contributed by atoms with Gasteiger partial charge in [-0.05, 0) is 49.6 Å². The third-order valence-corrected chi connectivity index (χ3v) is 7.64. The minimum absolute atomic E-state index is 0.172. The topological polar surface area (TPSA) is 69.5 Å². The second kappa shape index (κ2) is 8.97. The molecule has 7 nitrogen and oxygen atoms in total. The number of hydrogen-bond donors (Lipinski definition) is 0. The van der Waals surface area contributed by atoms with E-state index in [1.54, 1.807) is 13.3 Å². The fraction of sp³-hybridized carbons (Fsp3) is 0.345. The number of carbonyl (C=O) groups is 1. The number of ether oxygens (including phenoxy) is 2. The Morgan fingerprint density at radius 3 is 2.64 bits per heavy atom. The Morgan fingerprint density at radius 1 is 1.06 bits per heavy atom. The highest BCUT2D eigenvalue weighted by Crippen LogP contribution is 2.53. The molecule has 1 aliphatic carbocycles. The zero-order valence-electron chi connectivity index (χ0n) is 20.7. The van der Waals surface area contributed by atoms with Gasteiger partial charge in [0.25, 0.3) is 0 Å². The van der Waals surface area contributed by atoms with Gasteiger partial charge in [0, 0.05) is 31.3 Å². The van der Waals surface area contributed by atoms with E-state index in [0.717, 1.165) is 66.8 Å². The molecule has 1 spiro atoms. The molecule has 0 unspecified atom stereocenters. The van der Waals surface area contributed by atoms with Crippen molar-refractivity contribution in [1.82, 2.24) is 14.5 Å². The van der Waals surface area contributed by atoms with Crippen LogP contribution in [-0.2, 0) is 13.5 Å². The fourth-order valence-electron chi connectivity index (χ4n) is 5.89. The Hall–Kier alpha value is -3.87. The van der Waals surface area contributed by atoms with Crippen LogP contribution in [0.3, 0.4) is 0 Å². The van der Waals surface area contributed by atoms with Gasteiger partial charge in [0.1, 0.15) is 11.4 Å². The Labute approximate surface area is 210 Å². The monoisotopic (exact) mass is 482 g/mol. The van der Waals surface area contributed by atoms with Crippen LogP contribution >= 0.6 is 0 Å². The number of ketones is 1. The summed E-state index contributed by atoms with van der Waals surface area (Å²) in [7, 11) is 3.68. The van der Waals surface area contributed by atoms with Gasteiger partial charge in [0.05, 0.1) is 42.3 Å². The van der Waals surface area contributed by atoms with E-state index in [0.29, 0.717) is 23.7 Å². The lowest BCUT2D eigenvalue weighted by molar-refractivity contribution is 0.0909. The van der Waals surface area contributed by atoms with E-state index in [-0.39, 0.29) is 5.78 Å². The van der Waals surface area contributed by atoms with Crippen molar-refractivity contribution in [2.75, 3.05) is 18.6 Å². The second-order valence-electron chi connectivity index (χ2n) is 9.66. The summed E-state index contributed by atoms with van der Waals surface area (Å²) in [6.07, 6.45) is 8.98. The van der Waals surface area contributed by atoms with Crippen LogP contribution in [-0.4, -0.2) is 39.6 Å². The quantitative estimate of drug-likeness (QED) is 0.318. The van der Waals surface area contributed by atoms with Crippen LogP contribution in [0.1, 0.15) is 48.3 Å². The van der Waals surface area contributed by atoms with Crippen molar-refractivity contribution >= 4 is 28.2 Å². The number of benzene rings is 2. The first-order valence-corrected chi connectivity index (χ1v) is 12.6. The smallest absolute Gasteiger partial charge is 0.190 e. The maximum atomic E-state index is 13.7. The van der Waals surface area contributed by atoms with Gasteiger partial charge >= 0.3 is 0 Å². The van der Waals surface area contributed by atoms with Gasteiger partial charge in [-0.15, -0.1) is 0 Å². The van der Waals surface area contributed by atoms with Crippen molar-refractivity contribution < 1.29 is 14.3 Å². The molecule has 3 heterocycles. The van der Waals surface area contributed by atoms with E-state index in [2.05, 4.69) is 27.6 Å². The van der Waals surface area contributed by atoms with Crippen molar-refractivity contribution in [3.63, 3.8) is 0 Å². The largest absolute Gasteiger partial charge is 0.493 e. The predicted octanol–water partition coefficient (Wildman–Crippen LogP) is 5.64. The zero-order chi connectivity index (χ0) is 24.7. The molecule has 2 aromatic heterocycles. The SMILES string of the molecule is COc1cc2c(cc1OCCCc1nc3ccccc3n1C)N(c1cccnc1)C1(CCCC1)C2=O. The van der Waals surface area contributed by atoms with E-state index < -0.39 is 5.54 Å². The van der Waals surface area contributed by atoms with Crippen LogP contribution in [0.15, 0.2) is 60.9 Å². The summed E-state index contributed by atoms with van der Waals surface area (Å²) in [6, 6.07) is 15.9. The molecule has 0 amide bonds. The molecule has 0 N–H and O–H groups in total. The molecule has 7 heteroatoms. The molecular formula is C29H30N4O3. The molecule has 0 atom stereocenters. The molecule has 0 saturated heterocycles. The molecule has 0 bridgehead atoms. The highest BCUT2D eigenvalue weighted by Gasteiger charge is 2.53. The number of aryl methyl sites for hydroxylation is 2. The lowest BCUT2D eigenvalue weighted by Crippen LogP contribution is -2.45. The van der Waals surface area contributed by atoms with Crippen LogP contribution in [0.4, 0.5) is 11.4 Å². The highest BCUT2D eigenvalue weighted by molar-refractivity contribution is 6.16. The number of nitrogens with zero attached hydrogens (tertiary/aromatic N) is 4. The summed E-state index contributed by atoms with van der Waals surface area (Å²) in [4.78, 5) is 25.0. The summed E-state index contributed by atoms with van der Waals surface area (Å²) in [5.41, 5.74) is 4.11. The third kappa shape index (κ3) is 3.53. The minimum atomic E-state index is -0.546. The first kappa shape index (κ1) is 22.6. The first-order valence-electron chi connectivity index (χ1n) is 12.6. The number of Topliss-reactive ketones (excluding diaryl/α,β-unsaturated/α-hetero) is 1. The Morgan fingerprint density at radius 2 is 1.89 bits per heavy atom. The average molecular weight is 483 g/mol. The molecule has 1 aliphatic heterocycles. The number of imidazole rings is 1. The molecule has 0 radical (unpaired) electrons. The maximum absolute atomic E-state index is 13.7. The molecular weight excluding hydrogens is 452 g/mol. The van der Waals surface area contributed by atoms with Crippen LogP contribution in [0.5, 0.6) is 11.5 Å². The molecule has 36 heavy (non-hydrogen) atoms. The number of hydrogen-bond acceptors (Lipinski definition) is 6. The van der Waals surface area contributed by atoms with Gasteiger partial charge in [-0.25, -0.2) is 4.98 Å². The highest BCUT2D eigenvalue weighted by atomic mass is 16.5. The van der Waals surface area contributed by atoms with E-state index in [1.807, 2.05) is 48.7 Å². The third-order valence-electron chi connectivity index (χ3n) is 7.64. The standard InChI is InChI=1S/C29H30N4O3/c1-32-23-11-4-3-10-22(23)31-27(32)12-8-16-36-26-18-24-21(17-25(26)35-2)28(34)29(13-5-6-14-29)33(24)20-9-7-15-30-19-20/h3-4,7,9-11,15,17-19H,5-6,8,12-14,16H2,1-2H3. The molecule has 1 fully saturated rings. The number of carbonyl (C=O) groups excluding carboxylic acids is 1. The summed E-state index contributed by atoms with van der Waals surface area (Å²) < 4.78 is 14.0.